The van der Waals surface area contributed by atoms with Gasteiger partial charge in [0.25, 0.3) is 5.91 Å². The van der Waals surface area contributed by atoms with Crippen LogP contribution in [0.1, 0.15) is 65.0 Å². The van der Waals surface area contributed by atoms with Gasteiger partial charge in [-0.2, -0.15) is 0 Å². The minimum Gasteiger partial charge on any atom is -0.355 e. The summed E-state index contributed by atoms with van der Waals surface area (Å²) in [4.78, 5) is 24.9. The van der Waals surface area contributed by atoms with Crippen LogP contribution in [0.5, 0.6) is 0 Å². The first-order valence-electron chi connectivity index (χ1n) is 9.70. The molecule has 0 unspecified atom stereocenters. The third-order valence-electron chi connectivity index (χ3n) is 5.68. The molecule has 2 aliphatic rings. The molecule has 1 saturated carbocycles. The lowest BCUT2D eigenvalue weighted by molar-refractivity contribution is 0.0811. The molecule has 2 aromatic carbocycles. The number of nitrogens with one attached hydrogen (secondary N) is 2. The summed E-state index contributed by atoms with van der Waals surface area (Å²) in [5, 5.41) is 6.46. The minimum atomic E-state index is -0.276. The van der Waals surface area contributed by atoms with E-state index in [0.29, 0.717) is 11.6 Å². The van der Waals surface area contributed by atoms with Crippen molar-refractivity contribution in [2.24, 2.45) is 5.41 Å². The smallest absolute Gasteiger partial charge is 0.251 e. The SMILES string of the molecule is Cc1ccc(C(=O)NC2CC2)cc1Nc1ccc2c(c1)CCC(C)(C)C2=O. The van der Waals surface area contributed by atoms with E-state index in [4.69, 9.17) is 0 Å². The molecule has 4 heteroatoms. The van der Waals surface area contributed by atoms with Crippen LogP contribution in [0.3, 0.4) is 0 Å². The van der Waals surface area contributed by atoms with Crippen molar-refractivity contribution >= 4 is 23.1 Å². The molecular weight excluding hydrogens is 336 g/mol. The average Bonchev–Trinajstić information content (AvgIpc) is 3.44. The van der Waals surface area contributed by atoms with E-state index in [1.165, 1.54) is 0 Å². The lowest BCUT2D eigenvalue weighted by Gasteiger charge is -2.29. The van der Waals surface area contributed by atoms with Gasteiger partial charge < -0.3 is 10.6 Å². The number of Topliss-reactive ketones (excluding diaryl/α,β-unsaturated/α-hetero) is 1. The third kappa shape index (κ3) is 3.61. The Morgan fingerprint density at radius 3 is 2.63 bits per heavy atom. The van der Waals surface area contributed by atoms with Crippen LogP contribution in [0, 0.1) is 12.3 Å². The van der Waals surface area contributed by atoms with E-state index < -0.39 is 0 Å². The Bertz CT molecular complexity index is 926. The number of anilines is 2. The highest BCUT2D eigenvalue weighted by molar-refractivity contribution is 6.02. The molecule has 27 heavy (non-hydrogen) atoms. The number of aryl methyl sites for hydroxylation is 2. The minimum absolute atomic E-state index is 0.0150. The summed E-state index contributed by atoms with van der Waals surface area (Å²) < 4.78 is 0. The van der Waals surface area contributed by atoms with Crippen molar-refractivity contribution in [1.29, 1.82) is 0 Å². The Morgan fingerprint density at radius 2 is 1.89 bits per heavy atom. The highest BCUT2D eigenvalue weighted by Gasteiger charge is 2.34. The topological polar surface area (TPSA) is 58.2 Å². The summed E-state index contributed by atoms with van der Waals surface area (Å²) in [6.45, 7) is 6.06. The molecule has 140 valence electrons. The zero-order chi connectivity index (χ0) is 19.2. The Kier molecular flexibility index (Phi) is 4.29. The number of fused-ring (bicyclic) bond motifs is 1. The van der Waals surface area contributed by atoms with Gasteiger partial charge >= 0.3 is 0 Å². The van der Waals surface area contributed by atoms with Crippen LogP contribution in [0.15, 0.2) is 36.4 Å². The second-order valence-corrected chi connectivity index (χ2v) is 8.49. The number of hydrogen-bond donors (Lipinski definition) is 2. The van der Waals surface area contributed by atoms with Gasteiger partial charge in [-0.1, -0.05) is 19.9 Å². The molecule has 2 N–H and O–H groups in total. The first-order valence-corrected chi connectivity index (χ1v) is 9.70. The second kappa shape index (κ2) is 6.52. The molecule has 2 aliphatic carbocycles. The van der Waals surface area contributed by atoms with Crippen LogP contribution in [0.4, 0.5) is 11.4 Å². The van der Waals surface area contributed by atoms with Crippen molar-refractivity contribution < 1.29 is 9.59 Å². The number of ketones is 1. The van der Waals surface area contributed by atoms with Crippen LogP contribution in [0.2, 0.25) is 0 Å². The monoisotopic (exact) mass is 362 g/mol. The Balaban J connectivity index is 1.57. The third-order valence-corrected chi connectivity index (χ3v) is 5.68. The molecule has 0 spiro atoms. The lowest BCUT2D eigenvalue weighted by Crippen LogP contribution is -2.30. The van der Waals surface area contributed by atoms with E-state index in [9.17, 15) is 9.59 Å². The molecule has 4 nitrogen and oxygen atoms in total. The maximum Gasteiger partial charge on any atom is 0.251 e. The number of rotatable bonds is 4. The summed E-state index contributed by atoms with van der Waals surface area (Å²) in [7, 11) is 0. The second-order valence-electron chi connectivity index (χ2n) is 8.49. The van der Waals surface area contributed by atoms with Crippen molar-refractivity contribution in [3.8, 4) is 0 Å². The largest absolute Gasteiger partial charge is 0.355 e. The zero-order valence-corrected chi connectivity index (χ0v) is 16.2. The normalized spacial score (nSPS) is 18.0. The van der Waals surface area contributed by atoms with Gasteiger partial charge in [0.05, 0.1) is 0 Å². The van der Waals surface area contributed by atoms with E-state index in [-0.39, 0.29) is 17.1 Å². The van der Waals surface area contributed by atoms with Gasteiger partial charge in [-0.25, -0.2) is 0 Å². The number of amides is 1. The van der Waals surface area contributed by atoms with E-state index in [2.05, 4.69) is 16.7 Å². The van der Waals surface area contributed by atoms with E-state index >= 15 is 0 Å². The molecule has 0 radical (unpaired) electrons. The van der Waals surface area contributed by atoms with Crippen LogP contribution in [-0.4, -0.2) is 17.7 Å². The maximum absolute atomic E-state index is 12.6. The van der Waals surface area contributed by atoms with E-state index in [1.807, 2.05) is 51.1 Å². The van der Waals surface area contributed by atoms with Crippen LogP contribution in [-0.2, 0) is 6.42 Å². The van der Waals surface area contributed by atoms with Gasteiger partial charge in [0, 0.05) is 34.0 Å². The van der Waals surface area contributed by atoms with Gasteiger partial charge in [-0.15, -0.1) is 0 Å². The standard InChI is InChI=1S/C23H26N2O2/c1-14-4-5-16(22(27)25-17-6-7-17)13-20(14)24-18-8-9-19-15(12-18)10-11-23(2,3)21(19)26/h4-5,8-9,12-13,17,24H,6-7,10-11H2,1-3H3,(H,25,27). The number of carbonyl (C=O) groups excluding carboxylic acids is 2. The zero-order valence-electron chi connectivity index (χ0n) is 16.2. The predicted octanol–water partition coefficient (Wildman–Crippen LogP) is 4.79. The lowest BCUT2D eigenvalue weighted by atomic mass is 9.73. The molecular formula is C23H26N2O2. The highest BCUT2D eigenvalue weighted by Crippen LogP contribution is 2.36. The number of benzene rings is 2. The molecule has 0 saturated heterocycles. The first-order chi connectivity index (χ1) is 12.8. The molecule has 1 fully saturated rings. The van der Waals surface area contributed by atoms with Gasteiger partial charge in [0.1, 0.15) is 0 Å². The average molecular weight is 362 g/mol. The van der Waals surface area contributed by atoms with Crippen LogP contribution >= 0.6 is 0 Å². The summed E-state index contributed by atoms with van der Waals surface area (Å²) in [6, 6.07) is 12.0. The number of hydrogen-bond acceptors (Lipinski definition) is 3. The molecule has 0 atom stereocenters. The van der Waals surface area contributed by atoms with Gasteiger partial charge in [0.15, 0.2) is 5.78 Å². The molecule has 1 amide bonds. The fourth-order valence-electron chi connectivity index (χ4n) is 3.57. The summed E-state index contributed by atoms with van der Waals surface area (Å²) in [5.74, 6) is 0.212. The predicted molar refractivity (Wildman–Crippen MR) is 108 cm³/mol. The molecule has 0 aromatic heterocycles. The fourth-order valence-corrected chi connectivity index (χ4v) is 3.57. The van der Waals surface area contributed by atoms with Crippen LogP contribution in [0.25, 0.3) is 0 Å². The quantitative estimate of drug-likeness (QED) is 0.822. The number of carbonyl (C=O) groups is 2. The van der Waals surface area contributed by atoms with Crippen molar-refractivity contribution in [2.75, 3.05) is 5.32 Å². The highest BCUT2D eigenvalue weighted by atomic mass is 16.1. The Morgan fingerprint density at radius 1 is 1.11 bits per heavy atom. The van der Waals surface area contributed by atoms with Crippen molar-refractivity contribution in [1.82, 2.24) is 5.32 Å². The van der Waals surface area contributed by atoms with Crippen molar-refractivity contribution in [2.45, 2.75) is 52.5 Å². The fraction of sp³-hybridized carbons (Fsp3) is 0.391. The Labute approximate surface area is 160 Å². The Hall–Kier alpha value is -2.62. The van der Waals surface area contributed by atoms with Gasteiger partial charge in [-0.3, -0.25) is 9.59 Å². The maximum atomic E-state index is 12.6. The van der Waals surface area contributed by atoms with E-state index in [0.717, 1.165) is 53.7 Å². The van der Waals surface area contributed by atoms with Gasteiger partial charge in [-0.05, 0) is 74.1 Å². The first kappa shape index (κ1) is 17.8. The molecule has 0 aliphatic heterocycles. The summed E-state index contributed by atoms with van der Waals surface area (Å²) in [5.41, 5.74) is 5.28. The molecule has 0 heterocycles. The molecule has 0 bridgehead atoms. The molecule has 2 aromatic rings. The van der Waals surface area contributed by atoms with E-state index in [1.54, 1.807) is 0 Å². The van der Waals surface area contributed by atoms with Crippen molar-refractivity contribution in [3.63, 3.8) is 0 Å². The molecule has 4 rings (SSSR count). The van der Waals surface area contributed by atoms with Crippen LogP contribution < -0.4 is 10.6 Å². The van der Waals surface area contributed by atoms with Crippen molar-refractivity contribution in [3.05, 3.63) is 58.7 Å². The summed E-state index contributed by atoms with van der Waals surface area (Å²) >= 11 is 0. The van der Waals surface area contributed by atoms with Gasteiger partial charge in [0.2, 0.25) is 0 Å². The summed E-state index contributed by atoms with van der Waals surface area (Å²) in [6.07, 6.45) is 3.94.